The number of sulfonamides is 1. The number of hydrogen-bond acceptors (Lipinski definition) is 4. The molecule has 0 aliphatic heterocycles. The average Bonchev–Trinajstić information content (AvgIpc) is 2.25. The lowest BCUT2D eigenvalue weighted by molar-refractivity contribution is -0.122. The third-order valence-corrected chi connectivity index (χ3v) is 3.38. The van der Waals surface area contributed by atoms with Crippen LogP contribution in [0.3, 0.4) is 0 Å². The van der Waals surface area contributed by atoms with E-state index in [-0.39, 0.29) is 11.8 Å². The fourth-order valence-electron chi connectivity index (χ4n) is 1.84. The van der Waals surface area contributed by atoms with Gasteiger partial charge in [-0.3, -0.25) is 4.79 Å². The fraction of sp³-hybridized carbons (Fsp3) is 0.917. The van der Waals surface area contributed by atoms with Gasteiger partial charge >= 0.3 is 0 Å². The van der Waals surface area contributed by atoms with Crippen molar-refractivity contribution < 1.29 is 13.2 Å². The Bertz CT molecular complexity index is 355. The fourth-order valence-corrected chi connectivity index (χ4v) is 2.35. The Morgan fingerprint density at radius 3 is 2.37 bits per heavy atom. The number of carbonyl (C=O) groups excluding carboxylic acids is 1. The average molecular weight is 293 g/mol. The zero-order chi connectivity index (χ0) is 14.9. The molecule has 4 N–H and O–H groups in total. The second-order valence-electron chi connectivity index (χ2n) is 5.31. The molecule has 0 saturated heterocycles. The van der Waals surface area contributed by atoms with Crippen molar-refractivity contribution in [1.29, 1.82) is 0 Å². The van der Waals surface area contributed by atoms with Crippen LogP contribution in [-0.2, 0) is 14.8 Å². The first-order valence-electron chi connectivity index (χ1n) is 6.66. The maximum Gasteiger partial charge on any atom is 0.220 e. The summed E-state index contributed by atoms with van der Waals surface area (Å²) in [7, 11) is -3.14. The van der Waals surface area contributed by atoms with Crippen LogP contribution in [0.4, 0.5) is 0 Å². The van der Waals surface area contributed by atoms with Gasteiger partial charge in [-0.25, -0.2) is 13.1 Å². The molecular weight excluding hydrogens is 266 g/mol. The van der Waals surface area contributed by atoms with E-state index in [2.05, 4.69) is 23.9 Å². The molecule has 7 heteroatoms. The highest BCUT2D eigenvalue weighted by Crippen LogP contribution is 2.13. The summed E-state index contributed by atoms with van der Waals surface area (Å²) in [6.45, 7) is 5.54. The van der Waals surface area contributed by atoms with E-state index in [0.29, 0.717) is 38.4 Å². The zero-order valence-electron chi connectivity index (χ0n) is 12.1. The largest absolute Gasteiger partial charge is 0.356 e. The SMILES string of the molecule is CC(C)CC(CN)CC(=O)NCCCNS(C)(=O)=O. The molecule has 0 aromatic carbocycles. The summed E-state index contributed by atoms with van der Waals surface area (Å²) in [6, 6.07) is 0. The van der Waals surface area contributed by atoms with Gasteiger partial charge in [-0.15, -0.1) is 0 Å². The van der Waals surface area contributed by atoms with E-state index < -0.39 is 10.0 Å². The first kappa shape index (κ1) is 18.3. The van der Waals surface area contributed by atoms with Crippen LogP contribution in [0.2, 0.25) is 0 Å². The summed E-state index contributed by atoms with van der Waals surface area (Å²) in [5.74, 6) is 0.727. The highest BCUT2D eigenvalue weighted by Gasteiger charge is 2.13. The first-order valence-corrected chi connectivity index (χ1v) is 8.55. The van der Waals surface area contributed by atoms with Gasteiger partial charge in [-0.2, -0.15) is 0 Å². The number of nitrogens with one attached hydrogen (secondary N) is 2. The summed E-state index contributed by atoms with van der Waals surface area (Å²) < 4.78 is 24.0. The lowest BCUT2D eigenvalue weighted by atomic mass is 9.94. The maximum absolute atomic E-state index is 11.6. The molecule has 0 bridgehead atoms. The monoisotopic (exact) mass is 293 g/mol. The van der Waals surface area contributed by atoms with E-state index in [1.54, 1.807) is 0 Å². The molecule has 0 radical (unpaired) electrons. The van der Waals surface area contributed by atoms with Crippen molar-refractivity contribution in [2.75, 3.05) is 25.9 Å². The molecule has 0 aromatic rings. The van der Waals surface area contributed by atoms with Crippen LogP contribution in [0.15, 0.2) is 0 Å². The van der Waals surface area contributed by atoms with Gasteiger partial charge in [-0.05, 0) is 31.2 Å². The second-order valence-corrected chi connectivity index (χ2v) is 7.14. The van der Waals surface area contributed by atoms with Crippen LogP contribution in [-0.4, -0.2) is 40.2 Å². The van der Waals surface area contributed by atoms with Crippen LogP contribution in [0.5, 0.6) is 0 Å². The third-order valence-electron chi connectivity index (χ3n) is 2.65. The third kappa shape index (κ3) is 12.1. The smallest absolute Gasteiger partial charge is 0.220 e. The van der Waals surface area contributed by atoms with Gasteiger partial charge in [0.05, 0.1) is 6.26 Å². The molecule has 0 rings (SSSR count). The number of nitrogens with two attached hydrogens (primary N) is 1. The molecule has 19 heavy (non-hydrogen) atoms. The molecule has 0 aliphatic rings. The predicted molar refractivity (Wildman–Crippen MR) is 77.1 cm³/mol. The molecule has 0 fully saturated rings. The van der Waals surface area contributed by atoms with Crippen LogP contribution < -0.4 is 15.8 Å². The highest BCUT2D eigenvalue weighted by molar-refractivity contribution is 7.88. The van der Waals surface area contributed by atoms with Crippen LogP contribution in [0.25, 0.3) is 0 Å². The van der Waals surface area contributed by atoms with E-state index in [1.165, 1.54) is 0 Å². The van der Waals surface area contributed by atoms with E-state index in [1.807, 2.05) is 0 Å². The maximum atomic E-state index is 11.6. The minimum atomic E-state index is -3.14. The predicted octanol–water partition coefficient (Wildman–Crippen LogP) is 0.0530. The molecule has 0 aromatic heterocycles. The molecule has 0 spiro atoms. The van der Waals surface area contributed by atoms with Gasteiger partial charge in [0.1, 0.15) is 0 Å². The van der Waals surface area contributed by atoms with Crippen molar-refractivity contribution in [3.8, 4) is 0 Å². The van der Waals surface area contributed by atoms with Gasteiger partial charge in [0.25, 0.3) is 0 Å². The Morgan fingerprint density at radius 1 is 1.26 bits per heavy atom. The minimum Gasteiger partial charge on any atom is -0.356 e. The Hall–Kier alpha value is -0.660. The van der Waals surface area contributed by atoms with Crippen molar-refractivity contribution in [3.63, 3.8) is 0 Å². The summed E-state index contributed by atoms with van der Waals surface area (Å²) in [4.78, 5) is 11.6. The van der Waals surface area contributed by atoms with Crippen molar-refractivity contribution in [2.45, 2.75) is 33.1 Å². The lowest BCUT2D eigenvalue weighted by Gasteiger charge is -2.16. The first-order chi connectivity index (χ1) is 8.74. The highest BCUT2D eigenvalue weighted by atomic mass is 32.2. The van der Waals surface area contributed by atoms with Gasteiger partial charge in [0.15, 0.2) is 0 Å². The summed E-state index contributed by atoms with van der Waals surface area (Å²) in [5.41, 5.74) is 5.64. The summed E-state index contributed by atoms with van der Waals surface area (Å²) in [6.07, 6.45) is 3.08. The zero-order valence-corrected chi connectivity index (χ0v) is 12.9. The molecule has 6 nitrogen and oxygen atoms in total. The number of carbonyl (C=O) groups is 1. The Balaban J connectivity index is 3.74. The van der Waals surface area contributed by atoms with Crippen molar-refractivity contribution in [3.05, 3.63) is 0 Å². The van der Waals surface area contributed by atoms with Crippen LogP contribution >= 0.6 is 0 Å². The van der Waals surface area contributed by atoms with E-state index in [9.17, 15) is 13.2 Å². The normalized spacial score (nSPS) is 13.5. The molecule has 0 aliphatic carbocycles. The summed E-state index contributed by atoms with van der Waals surface area (Å²) in [5, 5.41) is 2.78. The van der Waals surface area contributed by atoms with Gasteiger partial charge in [-0.1, -0.05) is 13.8 Å². The van der Waals surface area contributed by atoms with Crippen molar-refractivity contribution >= 4 is 15.9 Å². The molecular formula is C12H27N3O3S. The van der Waals surface area contributed by atoms with Gasteiger partial charge < -0.3 is 11.1 Å². The van der Waals surface area contributed by atoms with Gasteiger partial charge in [0, 0.05) is 19.5 Å². The molecule has 1 amide bonds. The lowest BCUT2D eigenvalue weighted by Crippen LogP contribution is -2.31. The molecule has 1 unspecified atom stereocenters. The minimum absolute atomic E-state index is 0.0181. The van der Waals surface area contributed by atoms with Crippen LogP contribution in [0.1, 0.15) is 33.1 Å². The molecule has 1 atom stereocenters. The Kier molecular flexibility index (Phi) is 8.95. The van der Waals surface area contributed by atoms with Crippen molar-refractivity contribution in [2.24, 2.45) is 17.6 Å². The van der Waals surface area contributed by atoms with E-state index in [0.717, 1.165) is 12.7 Å². The second kappa shape index (κ2) is 9.28. The molecule has 0 heterocycles. The number of rotatable bonds is 10. The summed E-state index contributed by atoms with van der Waals surface area (Å²) >= 11 is 0. The molecule has 0 saturated carbocycles. The Labute approximate surface area is 116 Å². The van der Waals surface area contributed by atoms with E-state index in [4.69, 9.17) is 5.73 Å². The number of amides is 1. The van der Waals surface area contributed by atoms with Crippen molar-refractivity contribution in [1.82, 2.24) is 10.0 Å². The topological polar surface area (TPSA) is 101 Å². The van der Waals surface area contributed by atoms with Crippen LogP contribution in [0, 0.1) is 11.8 Å². The van der Waals surface area contributed by atoms with E-state index >= 15 is 0 Å². The number of hydrogen-bond donors (Lipinski definition) is 3. The van der Waals surface area contributed by atoms with Gasteiger partial charge in [0.2, 0.25) is 15.9 Å². The molecule has 114 valence electrons. The standard InChI is InChI=1S/C12H27N3O3S/c1-10(2)7-11(9-13)8-12(16)14-5-4-6-15-19(3,17)18/h10-11,15H,4-9,13H2,1-3H3,(H,14,16). The quantitative estimate of drug-likeness (QED) is 0.495. The Morgan fingerprint density at radius 2 is 1.89 bits per heavy atom.